The van der Waals surface area contributed by atoms with Gasteiger partial charge in [-0.2, -0.15) is 0 Å². The van der Waals surface area contributed by atoms with E-state index in [-0.39, 0.29) is 6.54 Å². The van der Waals surface area contributed by atoms with E-state index in [9.17, 15) is 9.59 Å². The van der Waals surface area contributed by atoms with Gasteiger partial charge in [-0.3, -0.25) is 4.79 Å². The van der Waals surface area contributed by atoms with Crippen LogP contribution in [0.25, 0.3) is 15.9 Å². The topological polar surface area (TPSA) is 99.8 Å². The van der Waals surface area contributed by atoms with Gasteiger partial charge in [-0.1, -0.05) is 18.5 Å². The van der Waals surface area contributed by atoms with Crippen LogP contribution in [0.2, 0.25) is 5.02 Å². The normalized spacial score (nSPS) is 15.6. The van der Waals surface area contributed by atoms with E-state index in [1.54, 1.807) is 17.4 Å². The molecule has 33 heavy (non-hydrogen) atoms. The van der Waals surface area contributed by atoms with Crippen LogP contribution in [0.1, 0.15) is 23.8 Å². The summed E-state index contributed by atoms with van der Waals surface area (Å²) in [5, 5.41) is 8.48. The number of carbonyl (C=O) groups excluding carboxylic acids is 1. The lowest BCUT2D eigenvalue weighted by Crippen LogP contribution is -2.28. The zero-order valence-electron chi connectivity index (χ0n) is 18.3. The summed E-state index contributed by atoms with van der Waals surface area (Å²) in [4.78, 5) is 32.4. The Kier molecular flexibility index (Phi) is 5.49. The summed E-state index contributed by atoms with van der Waals surface area (Å²) in [6, 6.07) is 3.12. The summed E-state index contributed by atoms with van der Waals surface area (Å²) in [6.07, 6.45) is 4.54. The van der Waals surface area contributed by atoms with Crippen LogP contribution in [-0.2, 0) is 24.2 Å². The molecule has 0 saturated heterocycles. The highest BCUT2D eigenvalue weighted by Crippen LogP contribution is 2.38. The number of fused-ring (bicyclic) bond motifs is 5. The lowest BCUT2D eigenvalue weighted by atomic mass is 9.89. The number of amides is 1. The van der Waals surface area contributed by atoms with Crippen LogP contribution >= 0.6 is 22.9 Å². The van der Waals surface area contributed by atoms with Gasteiger partial charge in [-0.15, -0.1) is 16.4 Å². The van der Waals surface area contributed by atoms with E-state index in [1.165, 1.54) is 41.5 Å². The molecule has 4 aromatic rings. The minimum atomic E-state index is -0.439. The number of ether oxygens (including phenoxy) is 2. The Morgan fingerprint density at radius 1 is 1.30 bits per heavy atom. The van der Waals surface area contributed by atoms with Crippen molar-refractivity contribution in [2.24, 2.45) is 5.92 Å². The van der Waals surface area contributed by atoms with E-state index in [4.69, 9.17) is 21.1 Å². The van der Waals surface area contributed by atoms with Crippen LogP contribution in [0.3, 0.4) is 0 Å². The van der Waals surface area contributed by atoms with E-state index in [1.807, 2.05) is 0 Å². The maximum Gasteiger partial charge on any atom is 0.352 e. The number of rotatable bonds is 5. The molecule has 0 spiro atoms. The number of carbonyl (C=O) groups is 1. The molecule has 1 aliphatic rings. The molecule has 0 radical (unpaired) electrons. The van der Waals surface area contributed by atoms with Gasteiger partial charge in [-0.25, -0.2) is 18.9 Å². The fourth-order valence-corrected chi connectivity index (χ4v) is 5.84. The first kappa shape index (κ1) is 21.7. The molecular weight excluding hydrogens is 466 g/mol. The second-order valence-electron chi connectivity index (χ2n) is 8.15. The number of thiophene rings is 1. The average molecular weight is 488 g/mol. The minimum Gasteiger partial charge on any atom is -0.495 e. The number of aromatic nitrogens is 4. The number of halogens is 1. The quantitative estimate of drug-likeness (QED) is 0.462. The first-order valence-electron chi connectivity index (χ1n) is 10.5. The number of hydrogen-bond donors (Lipinski definition) is 1. The van der Waals surface area contributed by atoms with Gasteiger partial charge in [0.1, 0.15) is 29.2 Å². The van der Waals surface area contributed by atoms with E-state index < -0.39 is 11.6 Å². The number of aryl methyl sites for hydroxylation is 1. The molecule has 1 N–H and O–H groups in total. The standard InChI is InChI=1S/C22H22ClN5O4S/c1-11-4-5-12-17(6-11)33-21-19(12)20-26-28(22(30)27(20)10-24-21)9-18(29)25-14-7-13(23)15(31-2)8-16(14)32-3/h7-8,10-11H,4-6,9H2,1-3H3,(H,25,29)/t11-/m1/s1. The van der Waals surface area contributed by atoms with Crippen molar-refractivity contribution >= 4 is 50.4 Å². The van der Waals surface area contributed by atoms with Crippen LogP contribution in [0.15, 0.2) is 23.3 Å². The Balaban J connectivity index is 1.48. The zero-order chi connectivity index (χ0) is 23.3. The Hall–Kier alpha value is -3.11. The molecule has 1 aromatic carbocycles. The fraction of sp³-hybridized carbons (Fsp3) is 0.364. The molecule has 172 valence electrons. The first-order chi connectivity index (χ1) is 15.9. The highest BCUT2D eigenvalue weighted by atomic mass is 35.5. The van der Waals surface area contributed by atoms with Gasteiger partial charge in [0, 0.05) is 10.9 Å². The molecule has 5 rings (SSSR count). The molecule has 1 aliphatic carbocycles. The van der Waals surface area contributed by atoms with E-state index in [2.05, 4.69) is 22.3 Å². The highest BCUT2D eigenvalue weighted by Gasteiger charge is 2.24. The summed E-state index contributed by atoms with van der Waals surface area (Å²) in [5.41, 5.74) is 1.72. The smallest absolute Gasteiger partial charge is 0.352 e. The van der Waals surface area contributed by atoms with Gasteiger partial charge < -0.3 is 14.8 Å². The summed E-state index contributed by atoms with van der Waals surface area (Å²) < 4.78 is 13.1. The molecule has 0 aliphatic heterocycles. The van der Waals surface area contributed by atoms with Crippen LogP contribution < -0.4 is 20.5 Å². The first-order valence-corrected chi connectivity index (χ1v) is 11.7. The van der Waals surface area contributed by atoms with Crippen molar-refractivity contribution in [3.8, 4) is 11.5 Å². The maximum atomic E-state index is 12.9. The number of nitrogens with zero attached hydrogens (tertiary/aromatic N) is 4. The number of nitrogens with one attached hydrogen (secondary N) is 1. The summed E-state index contributed by atoms with van der Waals surface area (Å²) >= 11 is 7.85. The predicted molar refractivity (Wildman–Crippen MR) is 127 cm³/mol. The average Bonchev–Trinajstić information content (AvgIpc) is 3.30. The lowest BCUT2D eigenvalue weighted by molar-refractivity contribution is -0.117. The Labute approximate surface area is 197 Å². The van der Waals surface area contributed by atoms with E-state index >= 15 is 0 Å². The van der Waals surface area contributed by atoms with Crippen LogP contribution in [0.4, 0.5) is 5.69 Å². The second kappa shape index (κ2) is 8.35. The minimum absolute atomic E-state index is 0.266. The van der Waals surface area contributed by atoms with Crippen LogP contribution in [-0.4, -0.2) is 39.3 Å². The van der Waals surface area contributed by atoms with Crippen LogP contribution in [0.5, 0.6) is 11.5 Å². The monoisotopic (exact) mass is 487 g/mol. The Morgan fingerprint density at radius 2 is 2.09 bits per heavy atom. The van der Waals surface area contributed by atoms with Gasteiger partial charge in [0.2, 0.25) is 5.91 Å². The van der Waals surface area contributed by atoms with Crippen molar-refractivity contribution in [2.45, 2.75) is 32.7 Å². The second-order valence-corrected chi connectivity index (χ2v) is 9.64. The van der Waals surface area contributed by atoms with Gasteiger partial charge in [0.05, 0.1) is 30.3 Å². The molecule has 3 aromatic heterocycles. The summed E-state index contributed by atoms with van der Waals surface area (Å²) in [5.74, 6) is 1.00. The van der Waals surface area contributed by atoms with Gasteiger partial charge in [0.25, 0.3) is 0 Å². The van der Waals surface area contributed by atoms with Gasteiger partial charge in [0.15, 0.2) is 5.65 Å². The summed E-state index contributed by atoms with van der Waals surface area (Å²) in [7, 11) is 2.97. The van der Waals surface area contributed by atoms with Crippen LogP contribution in [0, 0.1) is 5.92 Å². The fourth-order valence-electron chi connectivity index (χ4n) is 4.25. The molecule has 9 nitrogen and oxygen atoms in total. The number of methoxy groups -OCH3 is 2. The molecule has 1 atom stereocenters. The number of hydrogen-bond acceptors (Lipinski definition) is 7. The molecule has 0 bridgehead atoms. The SMILES string of the molecule is COc1cc(OC)c(NC(=O)Cn2nc3c4c5c(sc4ncn3c2=O)C[C@H](C)CC5)cc1Cl. The van der Waals surface area contributed by atoms with E-state index in [0.717, 1.165) is 34.2 Å². The Morgan fingerprint density at radius 3 is 2.85 bits per heavy atom. The predicted octanol–water partition coefficient (Wildman–Crippen LogP) is 3.54. The lowest BCUT2D eigenvalue weighted by Gasteiger charge is -2.17. The van der Waals surface area contributed by atoms with Crippen molar-refractivity contribution in [3.63, 3.8) is 0 Å². The van der Waals surface area contributed by atoms with E-state index in [0.29, 0.717) is 33.8 Å². The highest BCUT2D eigenvalue weighted by molar-refractivity contribution is 7.19. The molecule has 3 heterocycles. The molecular formula is C22H22ClN5O4S. The van der Waals surface area contributed by atoms with Gasteiger partial charge in [-0.05, 0) is 36.8 Å². The zero-order valence-corrected chi connectivity index (χ0v) is 19.9. The third-order valence-electron chi connectivity index (χ3n) is 5.92. The molecule has 0 fully saturated rings. The van der Waals surface area contributed by atoms with Crippen molar-refractivity contribution < 1.29 is 14.3 Å². The number of anilines is 1. The maximum absolute atomic E-state index is 12.9. The Bertz CT molecular complexity index is 1460. The summed E-state index contributed by atoms with van der Waals surface area (Å²) in [6.45, 7) is 1.98. The number of benzene rings is 1. The molecule has 0 saturated carbocycles. The van der Waals surface area contributed by atoms with Crippen molar-refractivity contribution in [1.82, 2.24) is 19.2 Å². The largest absolute Gasteiger partial charge is 0.495 e. The molecule has 1 amide bonds. The molecule has 0 unspecified atom stereocenters. The third-order valence-corrected chi connectivity index (χ3v) is 7.38. The van der Waals surface area contributed by atoms with Gasteiger partial charge >= 0.3 is 5.69 Å². The van der Waals surface area contributed by atoms with Crippen molar-refractivity contribution in [1.29, 1.82) is 0 Å². The molecule has 11 heteroatoms. The van der Waals surface area contributed by atoms with Crippen molar-refractivity contribution in [2.75, 3.05) is 19.5 Å². The van der Waals surface area contributed by atoms with Crippen molar-refractivity contribution in [3.05, 3.63) is 44.4 Å². The third kappa shape index (κ3) is 3.72.